The molecule has 0 aromatic heterocycles. The molecule has 4 rings (SSSR count). The lowest BCUT2D eigenvalue weighted by Crippen LogP contribution is -2.40. The summed E-state index contributed by atoms with van der Waals surface area (Å²) in [6.07, 6.45) is 1.54. The average Bonchev–Trinajstić information content (AvgIpc) is 3.00. The molecule has 1 N–H and O–H groups in total. The monoisotopic (exact) mass is 604 g/mol. The predicted octanol–water partition coefficient (Wildman–Crippen LogP) is 4.51. The van der Waals surface area contributed by atoms with Gasteiger partial charge in [0.1, 0.15) is 0 Å². The van der Waals surface area contributed by atoms with Crippen molar-refractivity contribution in [3.8, 4) is 23.0 Å². The van der Waals surface area contributed by atoms with Crippen LogP contribution in [0.15, 0.2) is 65.6 Å². The van der Waals surface area contributed by atoms with E-state index in [9.17, 15) is 22.0 Å². The van der Waals surface area contributed by atoms with Gasteiger partial charge in [-0.2, -0.15) is 13.1 Å². The molecule has 3 aromatic carbocycles. The van der Waals surface area contributed by atoms with Crippen molar-refractivity contribution in [2.45, 2.75) is 11.5 Å². The van der Waals surface area contributed by atoms with E-state index in [0.29, 0.717) is 41.5 Å². The summed E-state index contributed by atoms with van der Waals surface area (Å²) in [7, 11) is 0.554. The number of nitrogens with zero attached hydrogens (tertiary/aromatic N) is 1. The number of morpholine rings is 1. The van der Waals surface area contributed by atoms with Crippen LogP contribution >= 0.6 is 0 Å². The normalized spacial score (nSPS) is 14.4. The molecular formula is C29H30F2N2O8S. The van der Waals surface area contributed by atoms with Gasteiger partial charge in [-0.25, -0.2) is 8.42 Å². The van der Waals surface area contributed by atoms with E-state index >= 15 is 0 Å². The largest absolute Gasteiger partial charge is 0.493 e. The van der Waals surface area contributed by atoms with E-state index in [-0.39, 0.29) is 35.1 Å². The van der Waals surface area contributed by atoms with Crippen molar-refractivity contribution in [1.29, 1.82) is 0 Å². The molecule has 1 heterocycles. The lowest BCUT2D eigenvalue weighted by Gasteiger charge is -2.26. The van der Waals surface area contributed by atoms with Crippen LogP contribution in [0.3, 0.4) is 0 Å². The molecule has 10 nitrogen and oxygen atoms in total. The van der Waals surface area contributed by atoms with E-state index in [1.54, 1.807) is 24.3 Å². The number of nitrogens with one attached hydrogen (secondary N) is 1. The second-order valence-electron chi connectivity index (χ2n) is 8.91. The van der Waals surface area contributed by atoms with Crippen molar-refractivity contribution < 1.29 is 45.7 Å². The lowest BCUT2D eigenvalue weighted by molar-refractivity contribution is -0.111. The summed E-state index contributed by atoms with van der Waals surface area (Å²) < 4.78 is 78.5. The Bertz CT molecular complexity index is 1540. The van der Waals surface area contributed by atoms with Crippen molar-refractivity contribution in [3.05, 3.63) is 71.8 Å². The van der Waals surface area contributed by atoms with Crippen LogP contribution in [0.1, 0.15) is 11.1 Å². The number of rotatable bonds is 11. The van der Waals surface area contributed by atoms with Crippen LogP contribution in [0.2, 0.25) is 0 Å². The fourth-order valence-electron chi connectivity index (χ4n) is 4.26. The minimum Gasteiger partial charge on any atom is -0.493 e. The van der Waals surface area contributed by atoms with Gasteiger partial charge in [0.25, 0.3) is 5.91 Å². The van der Waals surface area contributed by atoms with Crippen molar-refractivity contribution in [2.24, 2.45) is 0 Å². The Balaban J connectivity index is 1.67. The maximum absolute atomic E-state index is 13.6. The summed E-state index contributed by atoms with van der Waals surface area (Å²) in [4.78, 5) is 13.7. The minimum atomic E-state index is -3.71. The maximum Gasteiger partial charge on any atom is 0.387 e. The number of ether oxygens (including phenoxy) is 5. The first-order chi connectivity index (χ1) is 20.2. The van der Waals surface area contributed by atoms with E-state index < -0.39 is 22.5 Å². The molecule has 42 heavy (non-hydrogen) atoms. The molecular weight excluding hydrogens is 574 g/mol. The third-order valence-electron chi connectivity index (χ3n) is 6.37. The summed E-state index contributed by atoms with van der Waals surface area (Å²) in [5, 5.41) is 2.79. The smallest absolute Gasteiger partial charge is 0.387 e. The van der Waals surface area contributed by atoms with Crippen molar-refractivity contribution in [3.63, 3.8) is 0 Å². The molecule has 1 saturated heterocycles. The second-order valence-corrected chi connectivity index (χ2v) is 10.8. The predicted molar refractivity (Wildman–Crippen MR) is 152 cm³/mol. The zero-order valence-electron chi connectivity index (χ0n) is 23.1. The van der Waals surface area contributed by atoms with Crippen molar-refractivity contribution >= 4 is 33.3 Å². The molecule has 0 atom stereocenters. The van der Waals surface area contributed by atoms with Gasteiger partial charge in [-0.3, -0.25) is 4.79 Å². The minimum absolute atomic E-state index is 0.0492. The zero-order chi connectivity index (χ0) is 30.3. The summed E-state index contributed by atoms with van der Waals surface area (Å²) in [5.41, 5.74) is 1.46. The molecule has 1 aliphatic rings. The number of anilines is 1. The van der Waals surface area contributed by atoms with Gasteiger partial charge in [0, 0.05) is 24.4 Å². The lowest BCUT2D eigenvalue weighted by atomic mass is 10.0. The second kappa shape index (κ2) is 13.6. The van der Waals surface area contributed by atoms with Crippen LogP contribution < -0.4 is 24.3 Å². The Kier molecular flexibility index (Phi) is 9.99. The summed E-state index contributed by atoms with van der Waals surface area (Å²) >= 11 is 0. The van der Waals surface area contributed by atoms with Crippen LogP contribution in [0.25, 0.3) is 11.6 Å². The number of sulfonamides is 1. The number of alkyl halides is 2. The standard InChI is InChI=1S/C29H30F2N2O8S/c1-37-24-11-5-20(18-27(24)39-3)23(16-19-4-10-25(41-29(30)31)26(17-19)38-2)28(34)32-21-6-8-22(9-7-21)42(35,36)33-12-14-40-15-13-33/h4-11,16-18,29H,12-15H2,1-3H3,(H,32,34)/b23-16+. The number of hydrogen-bond acceptors (Lipinski definition) is 8. The van der Waals surface area contributed by atoms with Crippen LogP contribution in [-0.4, -0.2) is 72.9 Å². The summed E-state index contributed by atoms with van der Waals surface area (Å²) in [6, 6.07) is 15.0. The number of methoxy groups -OCH3 is 3. The number of carbonyl (C=O) groups is 1. The van der Waals surface area contributed by atoms with E-state index in [1.165, 1.54) is 68.1 Å². The first-order valence-corrected chi connectivity index (χ1v) is 14.2. The van der Waals surface area contributed by atoms with Gasteiger partial charge in [0.2, 0.25) is 10.0 Å². The number of hydrogen-bond donors (Lipinski definition) is 1. The van der Waals surface area contributed by atoms with Gasteiger partial charge >= 0.3 is 6.61 Å². The Morgan fingerprint density at radius 2 is 1.50 bits per heavy atom. The molecule has 0 unspecified atom stereocenters. The molecule has 0 bridgehead atoms. The average molecular weight is 605 g/mol. The van der Waals surface area contributed by atoms with E-state index in [2.05, 4.69) is 10.1 Å². The molecule has 0 radical (unpaired) electrons. The van der Waals surface area contributed by atoms with Crippen LogP contribution in [0, 0.1) is 0 Å². The van der Waals surface area contributed by atoms with Crippen LogP contribution in [-0.2, 0) is 19.6 Å². The van der Waals surface area contributed by atoms with Crippen LogP contribution in [0.5, 0.6) is 23.0 Å². The van der Waals surface area contributed by atoms with Crippen LogP contribution in [0.4, 0.5) is 14.5 Å². The fourth-order valence-corrected chi connectivity index (χ4v) is 5.67. The highest BCUT2D eigenvalue weighted by molar-refractivity contribution is 7.89. The molecule has 0 saturated carbocycles. The summed E-state index contributed by atoms with van der Waals surface area (Å²) in [6.45, 7) is -1.86. The number of carbonyl (C=O) groups excluding carboxylic acids is 1. The van der Waals surface area contributed by atoms with Crippen molar-refractivity contribution in [2.75, 3.05) is 52.9 Å². The fraction of sp³-hybridized carbons (Fsp3) is 0.276. The Hall–Kier alpha value is -4.20. The highest BCUT2D eigenvalue weighted by atomic mass is 32.2. The maximum atomic E-state index is 13.6. The molecule has 224 valence electrons. The number of halogens is 2. The zero-order valence-corrected chi connectivity index (χ0v) is 24.0. The highest BCUT2D eigenvalue weighted by Crippen LogP contribution is 2.34. The van der Waals surface area contributed by atoms with Crippen molar-refractivity contribution in [1.82, 2.24) is 4.31 Å². The topological polar surface area (TPSA) is 113 Å². The van der Waals surface area contributed by atoms with Gasteiger partial charge in [-0.05, 0) is 65.7 Å². The van der Waals surface area contributed by atoms with E-state index in [1.807, 2.05) is 0 Å². The van der Waals surface area contributed by atoms with Gasteiger partial charge in [-0.1, -0.05) is 12.1 Å². The molecule has 0 aliphatic carbocycles. The molecule has 3 aromatic rings. The number of amides is 1. The molecule has 0 spiro atoms. The Morgan fingerprint density at radius 1 is 0.881 bits per heavy atom. The Labute approximate surface area is 242 Å². The molecule has 1 amide bonds. The van der Waals surface area contributed by atoms with E-state index in [0.717, 1.165) is 0 Å². The van der Waals surface area contributed by atoms with Gasteiger partial charge in [0.05, 0.1) is 39.4 Å². The quantitative estimate of drug-likeness (QED) is 0.251. The molecule has 13 heteroatoms. The highest BCUT2D eigenvalue weighted by Gasteiger charge is 2.26. The molecule has 1 fully saturated rings. The third kappa shape index (κ3) is 7.16. The molecule has 1 aliphatic heterocycles. The SMILES string of the molecule is COc1ccc(/C(=C\c2ccc(OC(F)F)c(OC)c2)C(=O)Nc2ccc(S(=O)(=O)N3CCOCC3)cc2)cc1OC. The van der Waals surface area contributed by atoms with Gasteiger partial charge < -0.3 is 29.0 Å². The first-order valence-electron chi connectivity index (χ1n) is 12.7. The first kappa shape index (κ1) is 30.8. The van der Waals surface area contributed by atoms with Gasteiger partial charge in [-0.15, -0.1) is 0 Å². The van der Waals surface area contributed by atoms with Gasteiger partial charge in [0.15, 0.2) is 23.0 Å². The number of benzene rings is 3. The van der Waals surface area contributed by atoms with E-state index in [4.69, 9.17) is 18.9 Å². The third-order valence-corrected chi connectivity index (χ3v) is 8.29. The Morgan fingerprint density at radius 3 is 2.12 bits per heavy atom. The summed E-state index contributed by atoms with van der Waals surface area (Å²) in [5.74, 6) is 0.192.